The van der Waals surface area contributed by atoms with E-state index in [9.17, 15) is 19.3 Å². The highest BCUT2D eigenvalue weighted by Gasteiger charge is 2.14. The molecule has 2 aromatic rings. The zero-order chi connectivity index (χ0) is 14.0. The first-order valence-corrected chi connectivity index (χ1v) is 6.59. The highest BCUT2D eigenvalue weighted by molar-refractivity contribution is 9.11. The molecule has 2 rings (SSSR count). The fourth-order valence-corrected chi connectivity index (χ4v) is 2.62. The van der Waals surface area contributed by atoms with Crippen LogP contribution in [0.15, 0.2) is 34.1 Å². The number of halogens is 2. The topological polar surface area (TPSA) is 72.2 Å². The summed E-state index contributed by atoms with van der Waals surface area (Å²) in [5.41, 5.74) is -0.463. The third-order valence-corrected chi connectivity index (χ3v) is 3.83. The molecule has 0 unspecified atom stereocenters. The largest absolute Gasteiger partial charge is 0.319 e. The maximum absolute atomic E-state index is 13.6. The number of rotatable bonds is 3. The molecular formula is C11H6BrFN2O3S. The van der Waals surface area contributed by atoms with Gasteiger partial charge in [0, 0.05) is 6.07 Å². The van der Waals surface area contributed by atoms with E-state index in [0.29, 0.717) is 4.88 Å². The third-order valence-electron chi connectivity index (χ3n) is 2.21. The summed E-state index contributed by atoms with van der Waals surface area (Å²) in [4.78, 5) is 21.9. The Labute approximate surface area is 119 Å². The Balaban J connectivity index is 2.20. The van der Waals surface area contributed by atoms with Crippen LogP contribution in [0.3, 0.4) is 0 Å². The van der Waals surface area contributed by atoms with E-state index < -0.39 is 16.6 Å². The SMILES string of the molecule is O=C(Nc1ccc([N+](=O)[O-])cc1F)c1ccc(Br)s1. The Hall–Kier alpha value is -1.80. The molecule has 1 amide bonds. The Morgan fingerprint density at radius 3 is 2.63 bits per heavy atom. The Morgan fingerprint density at radius 2 is 2.11 bits per heavy atom. The van der Waals surface area contributed by atoms with E-state index in [1.165, 1.54) is 11.3 Å². The number of thiophene rings is 1. The van der Waals surface area contributed by atoms with Gasteiger partial charge in [-0.2, -0.15) is 0 Å². The van der Waals surface area contributed by atoms with Crippen LogP contribution in [0.5, 0.6) is 0 Å². The second-order valence-electron chi connectivity index (χ2n) is 3.48. The molecule has 8 heteroatoms. The summed E-state index contributed by atoms with van der Waals surface area (Å²) in [6, 6.07) is 6.34. The molecule has 0 fully saturated rings. The monoisotopic (exact) mass is 344 g/mol. The van der Waals surface area contributed by atoms with Gasteiger partial charge in [0.1, 0.15) is 0 Å². The lowest BCUT2D eigenvalue weighted by atomic mass is 10.2. The van der Waals surface area contributed by atoms with Gasteiger partial charge >= 0.3 is 0 Å². The van der Waals surface area contributed by atoms with Crippen LogP contribution in [0.2, 0.25) is 0 Å². The number of nitrogens with zero attached hydrogens (tertiary/aromatic N) is 1. The van der Waals surface area contributed by atoms with Crippen LogP contribution in [0.25, 0.3) is 0 Å². The molecule has 0 aliphatic heterocycles. The third kappa shape index (κ3) is 3.15. The smallest absolute Gasteiger partial charge is 0.272 e. The van der Waals surface area contributed by atoms with Gasteiger partial charge in [-0.25, -0.2) is 4.39 Å². The number of anilines is 1. The number of hydrogen-bond acceptors (Lipinski definition) is 4. The van der Waals surface area contributed by atoms with Crippen LogP contribution < -0.4 is 5.32 Å². The molecule has 0 saturated heterocycles. The number of hydrogen-bond donors (Lipinski definition) is 1. The van der Waals surface area contributed by atoms with Gasteiger partial charge in [-0.3, -0.25) is 14.9 Å². The number of amides is 1. The average Bonchev–Trinajstić information content (AvgIpc) is 2.78. The molecule has 0 radical (unpaired) electrons. The number of non-ortho nitro benzene ring substituents is 1. The van der Waals surface area contributed by atoms with Gasteiger partial charge in [-0.15, -0.1) is 11.3 Å². The van der Waals surface area contributed by atoms with Crippen molar-refractivity contribution in [2.75, 3.05) is 5.32 Å². The van der Waals surface area contributed by atoms with Crippen LogP contribution in [-0.4, -0.2) is 10.8 Å². The van der Waals surface area contributed by atoms with Crippen molar-refractivity contribution in [2.45, 2.75) is 0 Å². The Bertz CT molecular complexity index is 659. The number of carbonyl (C=O) groups is 1. The van der Waals surface area contributed by atoms with Crippen LogP contribution in [0.1, 0.15) is 9.67 Å². The predicted molar refractivity (Wildman–Crippen MR) is 73.0 cm³/mol. The fraction of sp³-hybridized carbons (Fsp3) is 0. The standard InChI is InChI=1S/C11H6BrFN2O3S/c12-10-4-3-9(19-10)11(16)14-8-2-1-6(15(17)18)5-7(8)13/h1-5H,(H,14,16). The lowest BCUT2D eigenvalue weighted by Crippen LogP contribution is -2.11. The van der Waals surface area contributed by atoms with Crippen molar-refractivity contribution >= 4 is 44.5 Å². The summed E-state index contributed by atoms with van der Waals surface area (Å²) in [5.74, 6) is -1.32. The average molecular weight is 345 g/mol. The minimum atomic E-state index is -0.849. The van der Waals surface area contributed by atoms with Crippen LogP contribution in [0, 0.1) is 15.9 Å². The van der Waals surface area contributed by atoms with Gasteiger partial charge in [-0.05, 0) is 34.1 Å². The summed E-state index contributed by atoms with van der Waals surface area (Å²) in [6.07, 6.45) is 0. The zero-order valence-electron chi connectivity index (χ0n) is 9.22. The molecule has 98 valence electrons. The number of nitrogens with one attached hydrogen (secondary N) is 1. The normalized spacial score (nSPS) is 10.2. The van der Waals surface area contributed by atoms with E-state index in [0.717, 1.165) is 22.0 Å². The van der Waals surface area contributed by atoms with E-state index in [1.54, 1.807) is 12.1 Å². The first-order chi connectivity index (χ1) is 8.97. The summed E-state index contributed by atoms with van der Waals surface area (Å²) in [6.45, 7) is 0. The molecule has 0 spiro atoms. The summed E-state index contributed by atoms with van der Waals surface area (Å²) in [5, 5.41) is 12.8. The van der Waals surface area contributed by atoms with Crippen molar-refractivity contribution in [1.82, 2.24) is 0 Å². The van der Waals surface area contributed by atoms with Crippen LogP contribution in [0.4, 0.5) is 15.8 Å². The second kappa shape index (κ2) is 5.45. The molecule has 0 aliphatic carbocycles. The molecule has 1 N–H and O–H groups in total. The van der Waals surface area contributed by atoms with Gasteiger partial charge in [0.05, 0.1) is 25.3 Å². The van der Waals surface area contributed by atoms with Gasteiger partial charge in [-0.1, -0.05) is 0 Å². The predicted octanol–water partition coefficient (Wildman–Crippen LogP) is 3.81. The number of nitro groups is 1. The van der Waals surface area contributed by atoms with Crippen molar-refractivity contribution in [3.05, 3.63) is 54.9 Å². The van der Waals surface area contributed by atoms with Crippen LogP contribution >= 0.6 is 27.3 Å². The van der Waals surface area contributed by atoms with Crippen molar-refractivity contribution < 1.29 is 14.1 Å². The number of nitro benzene ring substituents is 1. The molecule has 0 saturated carbocycles. The minimum Gasteiger partial charge on any atom is -0.319 e. The van der Waals surface area contributed by atoms with Gasteiger partial charge in [0.2, 0.25) is 0 Å². The molecule has 19 heavy (non-hydrogen) atoms. The van der Waals surface area contributed by atoms with Crippen molar-refractivity contribution in [3.8, 4) is 0 Å². The molecular weight excluding hydrogens is 339 g/mol. The Kier molecular flexibility index (Phi) is 3.91. The van der Waals surface area contributed by atoms with E-state index in [1.807, 2.05) is 0 Å². The minimum absolute atomic E-state index is 0.0971. The number of benzene rings is 1. The van der Waals surface area contributed by atoms with Crippen molar-refractivity contribution in [2.24, 2.45) is 0 Å². The first kappa shape index (κ1) is 13.6. The first-order valence-electron chi connectivity index (χ1n) is 4.98. The summed E-state index contributed by atoms with van der Waals surface area (Å²) in [7, 11) is 0. The van der Waals surface area contributed by atoms with Crippen molar-refractivity contribution in [1.29, 1.82) is 0 Å². The van der Waals surface area contributed by atoms with E-state index in [2.05, 4.69) is 21.2 Å². The molecule has 0 bridgehead atoms. The molecule has 0 aliphatic rings. The lowest BCUT2D eigenvalue weighted by molar-refractivity contribution is -0.385. The lowest BCUT2D eigenvalue weighted by Gasteiger charge is -2.04. The summed E-state index contributed by atoms with van der Waals surface area (Å²) >= 11 is 4.42. The summed E-state index contributed by atoms with van der Waals surface area (Å²) < 4.78 is 14.3. The molecule has 1 heterocycles. The van der Waals surface area contributed by atoms with Crippen molar-refractivity contribution in [3.63, 3.8) is 0 Å². The van der Waals surface area contributed by atoms with Gasteiger partial charge < -0.3 is 5.32 Å². The molecule has 5 nitrogen and oxygen atoms in total. The van der Waals surface area contributed by atoms with Gasteiger partial charge in [0.25, 0.3) is 11.6 Å². The van der Waals surface area contributed by atoms with Crippen LogP contribution in [-0.2, 0) is 0 Å². The highest BCUT2D eigenvalue weighted by atomic mass is 79.9. The molecule has 0 atom stereocenters. The quantitative estimate of drug-likeness (QED) is 0.679. The van der Waals surface area contributed by atoms with Gasteiger partial charge in [0.15, 0.2) is 5.82 Å². The fourth-order valence-electron chi connectivity index (χ4n) is 1.34. The molecule has 1 aromatic heterocycles. The number of carbonyl (C=O) groups excluding carboxylic acids is 1. The highest BCUT2D eigenvalue weighted by Crippen LogP contribution is 2.25. The Morgan fingerprint density at radius 1 is 1.37 bits per heavy atom. The molecule has 1 aromatic carbocycles. The second-order valence-corrected chi connectivity index (χ2v) is 5.94. The van der Waals surface area contributed by atoms with E-state index >= 15 is 0 Å². The zero-order valence-corrected chi connectivity index (χ0v) is 11.6. The van der Waals surface area contributed by atoms with E-state index in [4.69, 9.17) is 0 Å². The maximum atomic E-state index is 13.6. The maximum Gasteiger partial charge on any atom is 0.272 e. The van der Waals surface area contributed by atoms with E-state index in [-0.39, 0.29) is 11.4 Å².